The van der Waals surface area contributed by atoms with Gasteiger partial charge in [-0.15, -0.1) is 0 Å². The Balaban J connectivity index is 1.44. The summed E-state index contributed by atoms with van der Waals surface area (Å²) in [6, 6.07) is 18.9. The van der Waals surface area contributed by atoms with Gasteiger partial charge in [-0.3, -0.25) is 19.3 Å². The second-order valence-corrected chi connectivity index (χ2v) is 7.46. The highest BCUT2D eigenvalue weighted by Crippen LogP contribution is 2.30. The molecule has 1 heterocycles. The van der Waals surface area contributed by atoms with Crippen LogP contribution in [0.1, 0.15) is 15.9 Å². The fraction of sp³-hybridized carbons (Fsp3) is 0.115. The zero-order chi connectivity index (χ0) is 24.1. The van der Waals surface area contributed by atoms with Gasteiger partial charge in [-0.2, -0.15) is 0 Å². The molecule has 0 aliphatic carbocycles. The summed E-state index contributed by atoms with van der Waals surface area (Å²) < 4.78 is 10.5. The minimum atomic E-state index is -0.342. The molecule has 172 valence electrons. The molecule has 3 aromatic carbocycles. The maximum absolute atomic E-state index is 13.0. The molecule has 0 aromatic heterocycles. The number of anilines is 3. The van der Waals surface area contributed by atoms with Crippen LogP contribution in [0.3, 0.4) is 0 Å². The van der Waals surface area contributed by atoms with Crippen molar-refractivity contribution in [2.45, 2.75) is 0 Å². The summed E-state index contributed by atoms with van der Waals surface area (Å²) in [6.45, 7) is -0.0626. The summed E-state index contributed by atoms with van der Waals surface area (Å²) in [7, 11) is 3.12. The lowest BCUT2D eigenvalue weighted by atomic mass is 10.1. The first kappa shape index (κ1) is 22.6. The van der Waals surface area contributed by atoms with E-state index in [0.29, 0.717) is 39.7 Å². The summed E-state index contributed by atoms with van der Waals surface area (Å²) in [5.74, 6) is 0.363. The van der Waals surface area contributed by atoms with Crippen LogP contribution in [-0.4, -0.2) is 38.5 Å². The maximum atomic E-state index is 13.0. The molecule has 1 aliphatic rings. The molecular formula is C26H23N3O5. The molecule has 3 amide bonds. The van der Waals surface area contributed by atoms with Crippen LogP contribution in [0.4, 0.5) is 17.1 Å². The molecule has 0 bridgehead atoms. The second-order valence-electron chi connectivity index (χ2n) is 7.46. The summed E-state index contributed by atoms with van der Waals surface area (Å²) >= 11 is 0. The molecule has 0 radical (unpaired) electrons. The third-order valence-corrected chi connectivity index (χ3v) is 5.27. The Kier molecular flexibility index (Phi) is 6.59. The minimum Gasteiger partial charge on any atom is -0.497 e. The third kappa shape index (κ3) is 4.91. The first-order valence-electron chi connectivity index (χ1n) is 10.5. The smallest absolute Gasteiger partial charge is 0.258 e. The molecule has 0 atom stereocenters. The largest absolute Gasteiger partial charge is 0.497 e. The van der Waals surface area contributed by atoms with E-state index >= 15 is 0 Å². The number of rotatable bonds is 6. The van der Waals surface area contributed by atoms with E-state index in [1.807, 2.05) is 6.07 Å². The van der Waals surface area contributed by atoms with Crippen molar-refractivity contribution < 1.29 is 23.9 Å². The van der Waals surface area contributed by atoms with Crippen LogP contribution in [0.15, 0.2) is 72.8 Å². The van der Waals surface area contributed by atoms with E-state index in [9.17, 15) is 14.4 Å². The van der Waals surface area contributed by atoms with Gasteiger partial charge in [-0.05, 0) is 60.7 Å². The Morgan fingerprint density at radius 2 is 1.76 bits per heavy atom. The van der Waals surface area contributed by atoms with Crippen molar-refractivity contribution in [3.05, 3.63) is 83.9 Å². The van der Waals surface area contributed by atoms with Gasteiger partial charge in [0.2, 0.25) is 11.8 Å². The zero-order valence-corrected chi connectivity index (χ0v) is 18.7. The Bertz CT molecular complexity index is 1270. The topological polar surface area (TPSA) is 97.0 Å². The van der Waals surface area contributed by atoms with Gasteiger partial charge in [0.1, 0.15) is 18.0 Å². The zero-order valence-electron chi connectivity index (χ0n) is 18.7. The van der Waals surface area contributed by atoms with Crippen molar-refractivity contribution in [1.29, 1.82) is 0 Å². The summed E-state index contributed by atoms with van der Waals surface area (Å²) in [5, 5.41) is 5.52. The van der Waals surface area contributed by atoms with Crippen LogP contribution in [0.25, 0.3) is 6.08 Å². The number of fused-ring (bicyclic) bond motifs is 1. The maximum Gasteiger partial charge on any atom is 0.258 e. The quantitative estimate of drug-likeness (QED) is 0.547. The van der Waals surface area contributed by atoms with Crippen LogP contribution < -0.4 is 25.0 Å². The van der Waals surface area contributed by atoms with Gasteiger partial charge in [0.05, 0.1) is 25.6 Å². The van der Waals surface area contributed by atoms with Crippen LogP contribution in [-0.2, 0) is 9.59 Å². The standard InChI is InChI=1S/C26H23N3O5/c1-33-20-12-13-23(34-2)18(15-20)9-14-24(30)27-19-10-7-17(8-11-19)26(32)29-16-25(31)28-21-5-3-4-6-22(21)29/h3-15H,16H2,1-2H3,(H,27,30)(H,28,31)/b14-9+. The highest BCUT2D eigenvalue weighted by molar-refractivity contribution is 6.15. The molecule has 1 aliphatic heterocycles. The van der Waals surface area contributed by atoms with E-state index in [-0.39, 0.29) is 24.3 Å². The molecule has 4 rings (SSSR count). The second kappa shape index (κ2) is 9.91. The van der Waals surface area contributed by atoms with Gasteiger partial charge in [-0.1, -0.05) is 12.1 Å². The lowest BCUT2D eigenvalue weighted by Crippen LogP contribution is -2.42. The lowest BCUT2D eigenvalue weighted by molar-refractivity contribution is -0.115. The van der Waals surface area contributed by atoms with Gasteiger partial charge in [0.25, 0.3) is 5.91 Å². The van der Waals surface area contributed by atoms with Crippen LogP contribution >= 0.6 is 0 Å². The van der Waals surface area contributed by atoms with Gasteiger partial charge >= 0.3 is 0 Å². The molecule has 2 N–H and O–H groups in total. The molecular weight excluding hydrogens is 434 g/mol. The normalized spacial score (nSPS) is 12.6. The SMILES string of the molecule is COc1ccc(OC)c(/C=C/C(=O)Nc2ccc(C(=O)N3CC(=O)Nc4ccccc43)cc2)c1. The van der Waals surface area contributed by atoms with E-state index in [0.717, 1.165) is 0 Å². The van der Waals surface area contributed by atoms with Crippen LogP contribution in [0, 0.1) is 0 Å². The highest BCUT2D eigenvalue weighted by atomic mass is 16.5. The molecule has 3 aromatic rings. The molecule has 8 nitrogen and oxygen atoms in total. The summed E-state index contributed by atoms with van der Waals surface area (Å²) in [5.41, 5.74) is 2.86. The Morgan fingerprint density at radius 3 is 2.50 bits per heavy atom. The van der Waals surface area contributed by atoms with E-state index in [1.54, 1.807) is 81.0 Å². The van der Waals surface area contributed by atoms with Crippen molar-refractivity contribution in [1.82, 2.24) is 0 Å². The molecule has 0 saturated heterocycles. The number of carbonyl (C=O) groups is 3. The van der Waals surface area contributed by atoms with E-state index < -0.39 is 0 Å². The summed E-state index contributed by atoms with van der Waals surface area (Å²) in [6.07, 6.45) is 3.02. The number of nitrogens with one attached hydrogen (secondary N) is 2. The summed E-state index contributed by atoms with van der Waals surface area (Å²) in [4.78, 5) is 38.9. The van der Waals surface area contributed by atoms with Crippen molar-refractivity contribution in [3.63, 3.8) is 0 Å². The monoisotopic (exact) mass is 457 g/mol. The molecule has 0 unspecified atom stereocenters. The average molecular weight is 457 g/mol. The minimum absolute atomic E-state index is 0.0626. The van der Waals surface area contributed by atoms with Crippen molar-refractivity contribution in [3.8, 4) is 11.5 Å². The van der Waals surface area contributed by atoms with Crippen molar-refractivity contribution >= 4 is 40.9 Å². The average Bonchev–Trinajstić information content (AvgIpc) is 2.86. The predicted octanol–water partition coefficient (Wildman–Crippen LogP) is 3.95. The fourth-order valence-corrected chi connectivity index (χ4v) is 3.59. The highest BCUT2D eigenvalue weighted by Gasteiger charge is 2.27. The Morgan fingerprint density at radius 1 is 1.00 bits per heavy atom. The van der Waals surface area contributed by atoms with E-state index in [1.165, 1.54) is 11.0 Å². The number of amides is 3. The predicted molar refractivity (Wildman–Crippen MR) is 130 cm³/mol. The number of para-hydroxylation sites is 2. The van der Waals surface area contributed by atoms with Gasteiger partial charge in [0.15, 0.2) is 0 Å². The Labute approximate surface area is 196 Å². The van der Waals surface area contributed by atoms with E-state index in [4.69, 9.17) is 9.47 Å². The molecule has 0 spiro atoms. The number of hydrogen-bond acceptors (Lipinski definition) is 5. The van der Waals surface area contributed by atoms with Crippen molar-refractivity contribution in [2.24, 2.45) is 0 Å². The number of hydrogen-bond donors (Lipinski definition) is 2. The lowest BCUT2D eigenvalue weighted by Gasteiger charge is -2.29. The van der Waals surface area contributed by atoms with E-state index in [2.05, 4.69) is 10.6 Å². The van der Waals surface area contributed by atoms with Gasteiger partial charge < -0.3 is 20.1 Å². The fourth-order valence-electron chi connectivity index (χ4n) is 3.59. The molecule has 0 fully saturated rings. The van der Waals surface area contributed by atoms with Crippen LogP contribution in [0.5, 0.6) is 11.5 Å². The molecule has 0 saturated carbocycles. The number of carbonyl (C=O) groups excluding carboxylic acids is 3. The first-order chi connectivity index (χ1) is 16.5. The third-order valence-electron chi connectivity index (χ3n) is 5.27. The van der Waals surface area contributed by atoms with Gasteiger partial charge in [0, 0.05) is 22.9 Å². The molecule has 8 heteroatoms. The number of methoxy groups -OCH3 is 2. The number of benzene rings is 3. The molecule has 34 heavy (non-hydrogen) atoms. The first-order valence-corrected chi connectivity index (χ1v) is 10.5. The number of nitrogens with zero attached hydrogens (tertiary/aromatic N) is 1. The Hall–Kier alpha value is -4.59. The number of ether oxygens (including phenoxy) is 2. The van der Waals surface area contributed by atoms with Gasteiger partial charge in [-0.25, -0.2) is 0 Å². The van der Waals surface area contributed by atoms with Crippen molar-refractivity contribution in [2.75, 3.05) is 36.3 Å². The van der Waals surface area contributed by atoms with Crippen LogP contribution in [0.2, 0.25) is 0 Å².